The molecular weight excluding hydrogens is 315 g/mol. The zero-order valence-electron chi connectivity index (χ0n) is 14.5. The average Bonchev–Trinajstić information content (AvgIpc) is 3.16. The molecule has 1 atom stereocenters. The maximum absolute atomic E-state index is 13.1. The highest BCUT2D eigenvalue weighted by atomic mass is 19.1. The number of hydrogen-bond acceptors (Lipinski definition) is 2. The molecule has 1 saturated heterocycles. The highest BCUT2D eigenvalue weighted by Gasteiger charge is 2.28. The molecule has 0 saturated carbocycles. The Bertz CT molecular complexity index is 787. The maximum Gasteiger partial charge on any atom is 0.254 e. The third kappa shape index (κ3) is 3.19. The molecule has 0 radical (unpaired) electrons. The van der Waals surface area contributed by atoms with Crippen molar-refractivity contribution in [1.82, 2.24) is 9.80 Å². The molecule has 2 aromatic carbocycles. The van der Waals surface area contributed by atoms with Crippen molar-refractivity contribution in [3.05, 3.63) is 59.4 Å². The van der Waals surface area contributed by atoms with E-state index in [1.54, 1.807) is 12.1 Å². The summed E-state index contributed by atoms with van der Waals surface area (Å²) in [6.45, 7) is 5.81. The largest absolute Gasteiger partial charge is 0.333 e. The molecule has 2 aliphatic rings. The molecule has 0 N–H and O–H groups in total. The molecule has 4 rings (SSSR count). The van der Waals surface area contributed by atoms with Gasteiger partial charge in [-0.25, -0.2) is 4.39 Å². The number of likely N-dealkylation sites (tertiary alicyclic amines) is 1. The van der Waals surface area contributed by atoms with Crippen LogP contribution in [0.15, 0.2) is 42.5 Å². The predicted molar refractivity (Wildman–Crippen MR) is 96.8 cm³/mol. The Morgan fingerprint density at radius 3 is 2.56 bits per heavy atom. The Morgan fingerprint density at radius 2 is 1.84 bits per heavy atom. The van der Waals surface area contributed by atoms with E-state index in [0.717, 1.165) is 41.9 Å². The molecule has 2 aromatic rings. The number of rotatable bonds is 4. The molecule has 1 amide bonds. The lowest BCUT2D eigenvalue weighted by Gasteiger charge is -2.24. The topological polar surface area (TPSA) is 23.6 Å². The molecule has 0 aliphatic carbocycles. The van der Waals surface area contributed by atoms with Gasteiger partial charge in [-0.15, -0.1) is 0 Å². The molecule has 0 unspecified atom stereocenters. The van der Waals surface area contributed by atoms with E-state index >= 15 is 0 Å². The molecule has 0 bridgehead atoms. The fourth-order valence-corrected chi connectivity index (χ4v) is 3.96. The van der Waals surface area contributed by atoms with Gasteiger partial charge in [-0.05, 0) is 67.3 Å². The van der Waals surface area contributed by atoms with E-state index in [1.807, 2.05) is 17.0 Å². The Hall–Kier alpha value is -2.20. The van der Waals surface area contributed by atoms with Gasteiger partial charge in [-0.3, -0.25) is 9.69 Å². The minimum Gasteiger partial charge on any atom is -0.333 e. The number of halogens is 1. The van der Waals surface area contributed by atoms with Gasteiger partial charge in [0.15, 0.2) is 0 Å². The fourth-order valence-electron chi connectivity index (χ4n) is 3.96. The van der Waals surface area contributed by atoms with Crippen LogP contribution in [0.1, 0.15) is 35.7 Å². The number of fused-ring (bicyclic) bond motifs is 1. The van der Waals surface area contributed by atoms with Crippen molar-refractivity contribution < 1.29 is 9.18 Å². The van der Waals surface area contributed by atoms with Crippen molar-refractivity contribution in [3.8, 4) is 11.1 Å². The van der Waals surface area contributed by atoms with Crippen molar-refractivity contribution >= 4 is 5.91 Å². The number of amides is 1. The lowest BCUT2D eigenvalue weighted by Crippen LogP contribution is -2.36. The first-order valence-electron chi connectivity index (χ1n) is 9.04. The van der Waals surface area contributed by atoms with Crippen molar-refractivity contribution in [1.29, 1.82) is 0 Å². The van der Waals surface area contributed by atoms with Crippen LogP contribution in [0.3, 0.4) is 0 Å². The second-order valence-corrected chi connectivity index (χ2v) is 7.13. The highest BCUT2D eigenvalue weighted by Crippen LogP contribution is 2.29. The summed E-state index contributed by atoms with van der Waals surface area (Å²) in [6, 6.07) is 13.1. The van der Waals surface area contributed by atoms with Gasteiger partial charge >= 0.3 is 0 Å². The zero-order chi connectivity index (χ0) is 17.4. The van der Waals surface area contributed by atoms with Gasteiger partial charge in [0, 0.05) is 31.2 Å². The van der Waals surface area contributed by atoms with Gasteiger partial charge < -0.3 is 4.90 Å². The minimum absolute atomic E-state index is 0.132. The summed E-state index contributed by atoms with van der Waals surface area (Å²) >= 11 is 0. The van der Waals surface area contributed by atoms with Gasteiger partial charge in [0.25, 0.3) is 5.91 Å². The van der Waals surface area contributed by atoms with Crippen molar-refractivity contribution in [2.45, 2.75) is 32.4 Å². The fraction of sp³-hybridized carbons (Fsp3) is 0.381. The Labute approximate surface area is 148 Å². The average molecular weight is 338 g/mol. The lowest BCUT2D eigenvalue weighted by atomic mass is 10.0. The van der Waals surface area contributed by atoms with Crippen molar-refractivity contribution in [2.75, 3.05) is 19.6 Å². The molecule has 4 heteroatoms. The van der Waals surface area contributed by atoms with Crippen LogP contribution in [-0.4, -0.2) is 41.4 Å². The van der Waals surface area contributed by atoms with Crippen molar-refractivity contribution in [2.24, 2.45) is 0 Å². The standard InChI is InChI=1S/C21H23FN2O/c1-15-3-2-10-23(15)11-12-24-14-18-13-17(6-9-20(18)21(24)25)16-4-7-19(22)8-5-16/h4-9,13,15H,2-3,10-12,14H2,1H3/t15-/m1/s1. The van der Waals surface area contributed by atoms with Gasteiger partial charge in [-0.2, -0.15) is 0 Å². The number of benzene rings is 2. The molecule has 2 heterocycles. The van der Waals surface area contributed by atoms with Gasteiger partial charge in [-0.1, -0.05) is 18.2 Å². The first-order chi connectivity index (χ1) is 12.1. The summed E-state index contributed by atoms with van der Waals surface area (Å²) in [6.07, 6.45) is 2.52. The summed E-state index contributed by atoms with van der Waals surface area (Å²) in [5, 5.41) is 0. The summed E-state index contributed by atoms with van der Waals surface area (Å²) in [5.74, 6) is -0.102. The normalized spacial score (nSPS) is 20.3. The molecule has 3 nitrogen and oxygen atoms in total. The number of carbonyl (C=O) groups is 1. The summed E-state index contributed by atoms with van der Waals surface area (Å²) in [7, 11) is 0. The molecule has 1 fully saturated rings. The number of hydrogen-bond donors (Lipinski definition) is 0. The Kier molecular flexibility index (Phi) is 4.30. The third-order valence-electron chi connectivity index (χ3n) is 5.51. The van der Waals surface area contributed by atoms with Crippen LogP contribution in [0, 0.1) is 5.82 Å². The minimum atomic E-state index is -0.234. The number of nitrogens with zero attached hydrogens (tertiary/aromatic N) is 2. The zero-order valence-corrected chi connectivity index (χ0v) is 14.5. The van der Waals surface area contributed by atoms with Crippen molar-refractivity contribution in [3.63, 3.8) is 0 Å². The Balaban J connectivity index is 1.48. The molecule has 2 aliphatic heterocycles. The molecular formula is C21H23FN2O. The highest BCUT2D eigenvalue weighted by molar-refractivity contribution is 5.99. The van der Waals surface area contributed by atoms with Crippen LogP contribution in [0.5, 0.6) is 0 Å². The van der Waals surface area contributed by atoms with E-state index in [4.69, 9.17) is 0 Å². The van der Waals surface area contributed by atoms with Crippen LogP contribution in [0.2, 0.25) is 0 Å². The quantitative estimate of drug-likeness (QED) is 0.843. The molecule has 25 heavy (non-hydrogen) atoms. The lowest BCUT2D eigenvalue weighted by molar-refractivity contribution is 0.0756. The second-order valence-electron chi connectivity index (χ2n) is 7.13. The third-order valence-corrected chi connectivity index (χ3v) is 5.51. The maximum atomic E-state index is 13.1. The van der Waals surface area contributed by atoms with Crippen LogP contribution in [0.4, 0.5) is 4.39 Å². The van der Waals surface area contributed by atoms with Crippen LogP contribution >= 0.6 is 0 Å². The van der Waals surface area contributed by atoms with Crippen LogP contribution in [-0.2, 0) is 6.54 Å². The van der Waals surface area contributed by atoms with Gasteiger partial charge in [0.05, 0.1) is 0 Å². The first kappa shape index (κ1) is 16.3. The first-order valence-corrected chi connectivity index (χ1v) is 9.04. The van der Waals surface area contributed by atoms with E-state index < -0.39 is 0 Å². The van der Waals surface area contributed by atoms with Crippen LogP contribution in [0.25, 0.3) is 11.1 Å². The monoisotopic (exact) mass is 338 g/mol. The molecule has 130 valence electrons. The second kappa shape index (κ2) is 6.60. The smallest absolute Gasteiger partial charge is 0.254 e. The molecule has 0 aromatic heterocycles. The van der Waals surface area contributed by atoms with E-state index in [0.29, 0.717) is 12.6 Å². The predicted octanol–water partition coefficient (Wildman–Crippen LogP) is 3.93. The summed E-state index contributed by atoms with van der Waals surface area (Å²) in [5.41, 5.74) is 3.88. The van der Waals surface area contributed by atoms with Crippen LogP contribution < -0.4 is 0 Å². The van der Waals surface area contributed by atoms with E-state index in [-0.39, 0.29) is 11.7 Å². The van der Waals surface area contributed by atoms with Gasteiger partial charge in [0.2, 0.25) is 0 Å². The van der Waals surface area contributed by atoms with E-state index in [1.165, 1.54) is 25.0 Å². The van der Waals surface area contributed by atoms with E-state index in [2.05, 4.69) is 17.9 Å². The number of carbonyl (C=O) groups excluding carboxylic acids is 1. The SMILES string of the molecule is C[C@@H]1CCCN1CCN1Cc2cc(-c3ccc(F)cc3)ccc2C1=O. The van der Waals surface area contributed by atoms with Gasteiger partial charge in [0.1, 0.15) is 5.82 Å². The van der Waals surface area contributed by atoms with E-state index in [9.17, 15) is 9.18 Å². The summed E-state index contributed by atoms with van der Waals surface area (Å²) < 4.78 is 13.1. The molecule has 0 spiro atoms. The summed E-state index contributed by atoms with van der Waals surface area (Å²) in [4.78, 5) is 17.1. The Morgan fingerprint density at radius 1 is 1.08 bits per heavy atom.